The van der Waals surface area contributed by atoms with Crippen LogP contribution in [0.25, 0.3) is 21.7 Å². The number of carbonyl (C=O) groups excluding carboxylic acids is 1. The molecule has 1 aromatic heterocycles. The van der Waals surface area contributed by atoms with Gasteiger partial charge in [0.25, 0.3) is 0 Å². The molecule has 0 N–H and O–H groups in total. The van der Waals surface area contributed by atoms with Gasteiger partial charge in [-0.1, -0.05) is 48.2 Å². The predicted molar refractivity (Wildman–Crippen MR) is 124 cm³/mol. The molecule has 3 rings (SSSR count). The van der Waals surface area contributed by atoms with Gasteiger partial charge in [-0.3, -0.25) is 9.78 Å². The van der Waals surface area contributed by atoms with Crippen LogP contribution in [-0.2, 0) is 22.4 Å². The molecule has 30 heavy (non-hydrogen) atoms. The fourth-order valence-electron chi connectivity index (χ4n) is 4.03. The highest BCUT2D eigenvalue weighted by atomic mass is 79.9. The van der Waals surface area contributed by atoms with Gasteiger partial charge in [-0.2, -0.15) is 0 Å². The van der Waals surface area contributed by atoms with E-state index in [9.17, 15) is 9.18 Å². The van der Waals surface area contributed by atoms with Crippen molar-refractivity contribution in [1.29, 1.82) is 0 Å². The third-order valence-electron chi connectivity index (χ3n) is 5.50. The fourth-order valence-corrected chi connectivity index (χ4v) is 4.56. The molecule has 1 heterocycles. The minimum atomic E-state index is -0.224. The van der Waals surface area contributed by atoms with Crippen molar-refractivity contribution in [3.05, 3.63) is 51.9 Å². The molecule has 0 atom stereocenters. The maximum atomic E-state index is 13.9. The molecule has 0 saturated carbocycles. The lowest BCUT2D eigenvalue weighted by Gasteiger charge is -2.14. The molecule has 0 amide bonds. The average Bonchev–Trinajstić information content (AvgIpc) is 2.73. The minimum Gasteiger partial charge on any atom is -0.466 e. The summed E-state index contributed by atoms with van der Waals surface area (Å²) in [5.74, 6) is -0.322. The number of benzene rings is 2. The van der Waals surface area contributed by atoms with E-state index in [1.54, 1.807) is 6.07 Å². The first-order valence-corrected chi connectivity index (χ1v) is 11.7. The van der Waals surface area contributed by atoms with E-state index < -0.39 is 0 Å². The summed E-state index contributed by atoms with van der Waals surface area (Å²) < 4.78 is 20.0. The van der Waals surface area contributed by atoms with Crippen molar-refractivity contribution >= 4 is 43.6 Å². The summed E-state index contributed by atoms with van der Waals surface area (Å²) in [6.07, 6.45) is 7.43. The number of nitrogens with zero attached hydrogens (tertiary/aromatic N) is 1. The van der Waals surface area contributed by atoms with Crippen molar-refractivity contribution < 1.29 is 13.9 Å². The van der Waals surface area contributed by atoms with E-state index in [0.29, 0.717) is 13.0 Å². The Morgan fingerprint density at radius 3 is 2.57 bits per heavy atom. The first kappa shape index (κ1) is 22.7. The minimum absolute atomic E-state index is 0.0977. The molecule has 3 aromatic rings. The van der Waals surface area contributed by atoms with Crippen LogP contribution in [0.15, 0.2) is 34.8 Å². The number of hydrogen-bond acceptors (Lipinski definition) is 3. The fraction of sp³-hybridized carbons (Fsp3) is 0.440. The number of aromatic nitrogens is 1. The molecule has 0 aliphatic rings. The normalized spacial score (nSPS) is 11.3. The smallest absolute Gasteiger partial charge is 0.305 e. The first-order valence-electron chi connectivity index (χ1n) is 10.9. The molecule has 160 valence electrons. The molecule has 5 heteroatoms. The summed E-state index contributed by atoms with van der Waals surface area (Å²) >= 11 is 3.72. The number of pyridine rings is 1. The highest BCUT2D eigenvalue weighted by molar-refractivity contribution is 9.10. The van der Waals surface area contributed by atoms with Gasteiger partial charge < -0.3 is 4.74 Å². The van der Waals surface area contributed by atoms with E-state index in [2.05, 4.69) is 28.9 Å². The van der Waals surface area contributed by atoms with Gasteiger partial charge in [-0.25, -0.2) is 4.39 Å². The molecule has 0 spiro atoms. The highest BCUT2D eigenvalue weighted by Gasteiger charge is 2.14. The van der Waals surface area contributed by atoms with Gasteiger partial charge in [0.05, 0.1) is 12.1 Å². The van der Waals surface area contributed by atoms with Crippen LogP contribution in [0.1, 0.15) is 63.6 Å². The van der Waals surface area contributed by atoms with Crippen LogP contribution in [0.2, 0.25) is 0 Å². The number of unbranched alkanes of at least 4 members (excludes halogenated alkanes) is 4. The van der Waals surface area contributed by atoms with Gasteiger partial charge in [0.15, 0.2) is 0 Å². The third kappa shape index (κ3) is 5.37. The second-order valence-electron chi connectivity index (χ2n) is 7.59. The van der Waals surface area contributed by atoms with Crippen LogP contribution in [-0.4, -0.2) is 17.6 Å². The second kappa shape index (κ2) is 10.9. The van der Waals surface area contributed by atoms with Crippen molar-refractivity contribution in [2.24, 2.45) is 0 Å². The Morgan fingerprint density at radius 2 is 1.80 bits per heavy atom. The first-order chi connectivity index (χ1) is 14.5. The number of rotatable bonds is 10. The van der Waals surface area contributed by atoms with Gasteiger partial charge in [-0.15, -0.1) is 0 Å². The molecule has 0 saturated heterocycles. The lowest BCUT2D eigenvalue weighted by atomic mass is 9.95. The van der Waals surface area contributed by atoms with E-state index in [0.717, 1.165) is 76.8 Å². The van der Waals surface area contributed by atoms with Crippen molar-refractivity contribution in [3.8, 4) is 0 Å². The molecule has 0 unspecified atom stereocenters. The van der Waals surface area contributed by atoms with Gasteiger partial charge in [0.2, 0.25) is 0 Å². The van der Waals surface area contributed by atoms with Crippen LogP contribution < -0.4 is 0 Å². The Bertz CT molecular complexity index is 1030. The Labute approximate surface area is 186 Å². The number of carbonyl (C=O) groups is 1. The molecular weight excluding hydrogens is 445 g/mol. The summed E-state index contributed by atoms with van der Waals surface area (Å²) in [4.78, 5) is 16.2. The number of fused-ring (bicyclic) bond motifs is 3. The third-order valence-corrected chi connectivity index (χ3v) is 6.24. The zero-order chi connectivity index (χ0) is 21.5. The average molecular weight is 474 g/mol. The number of ether oxygens (including phenoxy) is 1. The molecule has 2 aromatic carbocycles. The molecule has 0 aliphatic heterocycles. The summed E-state index contributed by atoms with van der Waals surface area (Å²) in [7, 11) is 0. The standard InChI is InChI=1S/C25H29BrFNO2/c1-3-22-20-16-17(27)12-13-18(20)25-19(21(26)14-15-23(25)28-22)10-8-6-5-7-9-11-24(29)30-4-2/h12-16H,3-11H2,1-2H3. The van der Waals surface area contributed by atoms with Gasteiger partial charge in [-0.05, 0) is 67.8 Å². The zero-order valence-electron chi connectivity index (χ0n) is 17.8. The summed E-state index contributed by atoms with van der Waals surface area (Å²) in [5.41, 5.74) is 3.15. The highest BCUT2D eigenvalue weighted by Crippen LogP contribution is 2.34. The van der Waals surface area contributed by atoms with Gasteiger partial charge in [0.1, 0.15) is 5.82 Å². The number of halogens is 2. The zero-order valence-corrected chi connectivity index (χ0v) is 19.4. The van der Waals surface area contributed by atoms with Gasteiger partial charge in [0, 0.05) is 27.4 Å². The van der Waals surface area contributed by atoms with E-state index in [1.165, 1.54) is 11.6 Å². The lowest BCUT2D eigenvalue weighted by molar-refractivity contribution is -0.143. The van der Waals surface area contributed by atoms with Crippen molar-refractivity contribution in [1.82, 2.24) is 4.98 Å². The number of hydrogen-bond donors (Lipinski definition) is 0. The van der Waals surface area contributed by atoms with Crippen molar-refractivity contribution in [3.63, 3.8) is 0 Å². The molecule has 0 bridgehead atoms. The van der Waals surface area contributed by atoms with Crippen LogP contribution in [0, 0.1) is 5.82 Å². The van der Waals surface area contributed by atoms with E-state index in [1.807, 2.05) is 19.1 Å². The maximum Gasteiger partial charge on any atom is 0.305 e. The molecule has 3 nitrogen and oxygen atoms in total. The van der Waals surface area contributed by atoms with Crippen molar-refractivity contribution in [2.45, 2.75) is 65.2 Å². The molecular formula is C25H29BrFNO2. The van der Waals surface area contributed by atoms with Crippen LogP contribution >= 0.6 is 15.9 Å². The Hall–Kier alpha value is -2.01. The SMILES string of the molecule is CCOC(=O)CCCCCCCc1c(Br)ccc2nc(CC)c3cc(F)ccc3c12. The van der Waals surface area contributed by atoms with Crippen molar-refractivity contribution in [2.75, 3.05) is 6.61 Å². The summed E-state index contributed by atoms with van der Waals surface area (Å²) in [6.45, 7) is 4.34. The number of aryl methyl sites for hydroxylation is 2. The maximum absolute atomic E-state index is 13.9. The quantitative estimate of drug-likeness (QED) is 0.176. The predicted octanol–water partition coefficient (Wildman–Crippen LogP) is 7.30. The van der Waals surface area contributed by atoms with Crippen LogP contribution in [0.5, 0.6) is 0 Å². The van der Waals surface area contributed by atoms with E-state index in [4.69, 9.17) is 9.72 Å². The Balaban J connectivity index is 1.73. The van der Waals surface area contributed by atoms with E-state index in [-0.39, 0.29) is 11.8 Å². The van der Waals surface area contributed by atoms with E-state index >= 15 is 0 Å². The lowest BCUT2D eigenvalue weighted by Crippen LogP contribution is -2.03. The Kier molecular flexibility index (Phi) is 8.20. The molecule has 0 fully saturated rings. The number of esters is 1. The largest absolute Gasteiger partial charge is 0.466 e. The molecule has 0 aliphatic carbocycles. The van der Waals surface area contributed by atoms with Gasteiger partial charge >= 0.3 is 5.97 Å². The second-order valence-corrected chi connectivity index (χ2v) is 8.45. The molecule has 0 radical (unpaired) electrons. The topological polar surface area (TPSA) is 39.2 Å². The van der Waals surface area contributed by atoms with Crippen LogP contribution in [0.4, 0.5) is 4.39 Å². The monoisotopic (exact) mass is 473 g/mol. The Morgan fingerprint density at radius 1 is 1.03 bits per heavy atom. The summed E-state index contributed by atoms with van der Waals surface area (Å²) in [5, 5.41) is 3.10. The summed E-state index contributed by atoms with van der Waals surface area (Å²) in [6, 6.07) is 9.14. The van der Waals surface area contributed by atoms with Crippen LogP contribution in [0.3, 0.4) is 0 Å².